The van der Waals surface area contributed by atoms with Crippen molar-refractivity contribution < 1.29 is 14.3 Å². The van der Waals surface area contributed by atoms with Crippen molar-refractivity contribution in [1.82, 2.24) is 4.98 Å². The standard InChI is InChI=1S/C19H25N3O3S/c1-12(2)11-25-19(24)20-14-8-9-15-16(10-14)26-18(21-15)22-17(23)13-6-4-3-5-7-13/h8-10,12-13H,3-7,11H2,1-2H3,(H,20,24)(H,21,22,23). The number of fused-ring (bicyclic) bond motifs is 1. The Morgan fingerprint density at radius 1 is 1.23 bits per heavy atom. The first-order valence-corrected chi connectivity index (χ1v) is 9.98. The number of rotatable bonds is 5. The molecule has 0 unspecified atom stereocenters. The van der Waals surface area contributed by atoms with Crippen LogP contribution in [0, 0.1) is 11.8 Å². The highest BCUT2D eigenvalue weighted by Crippen LogP contribution is 2.30. The summed E-state index contributed by atoms with van der Waals surface area (Å²) in [5.74, 6) is 0.461. The summed E-state index contributed by atoms with van der Waals surface area (Å²) in [6, 6.07) is 5.46. The van der Waals surface area contributed by atoms with Gasteiger partial charge in [-0.2, -0.15) is 0 Å². The second kappa shape index (κ2) is 8.49. The summed E-state index contributed by atoms with van der Waals surface area (Å²) < 4.78 is 6.03. The molecule has 0 aliphatic heterocycles. The van der Waals surface area contributed by atoms with Gasteiger partial charge >= 0.3 is 6.09 Å². The van der Waals surface area contributed by atoms with Crippen LogP contribution in [0.3, 0.4) is 0 Å². The fourth-order valence-electron chi connectivity index (χ4n) is 3.02. The Morgan fingerprint density at radius 2 is 2.00 bits per heavy atom. The number of amides is 2. The van der Waals surface area contributed by atoms with Gasteiger partial charge in [-0.15, -0.1) is 0 Å². The molecule has 1 aliphatic carbocycles. The second-order valence-corrected chi connectivity index (χ2v) is 8.17. The molecule has 140 valence electrons. The number of ether oxygens (including phenoxy) is 1. The van der Waals surface area contributed by atoms with E-state index >= 15 is 0 Å². The number of aromatic nitrogens is 1. The minimum Gasteiger partial charge on any atom is -0.449 e. The van der Waals surface area contributed by atoms with Gasteiger partial charge in [-0.3, -0.25) is 10.1 Å². The molecule has 1 saturated carbocycles. The smallest absolute Gasteiger partial charge is 0.411 e. The minimum absolute atomic E-state index is 0.0689. The largest absolute Gasteiger partial charge is 0.449 e. The van der Waals surface area contributed by atoms with E-state index in [9.17, 15) is 9.59 Å². The van der Waals surface area contributed by atoms with Crippen molar-refractivity contribution in [3.05, 3.63) is 18.2 Å². The van der Waals surface area contributed by atoms with Gasteiger partial charge in [-0.25, -0.2) is 9.78 Å². The molecule has 0 atom stereocenters. The first kappa shape index (κ1) is 18.6. The lowest BCUT2D eigenvalue weighted by Crippen LogP contribution is -2.24. The molecule has 0 radical (unpaired) electrons. The number of anilines is 2. The molecule has 7 heteroatoms. The zero-order valence-corrected chi connectivity index (χ0v) is 16.0. The molecule has 3 rings (SSSR count). The monoisotopic (exact) mass is 375 g/mol. The number of nitrogens with zero attached hydrogens (tertiary/aromatic N) is 1. The number of hydrogen-bond donors (Lipinski definition) is 2. The third kappa shape index (κ3) is 4.94. The summed E-state index contributed by atoms with van der Waals surface area (Å²) in [5.41, 5.74) is 1.45. The van der Waals surface area contributed by atoms with E-state index in [1.54, 1.807) is 6.07 Å². The Hall–Kier alpha value is -2.15. The van der Waals surface area contributed by atoms with Crippen molar-refractivity contribution in [2.24, 2.45) is 11.8 Å². The molecule has 2 amide bonds. The van der Waals surface area contributed by atoms with Crippen LogP contribution in [0.1, 0.15) is 46.0 Å². The Morgan fingerprint density at radius 3 is 2.73 bits per heavy atom. The molecule has 0 spiro atoms. The van der Waals surface area contributed by atoms with E-state index in [-0.39, 0.29) is 11.8 Å². The summed E-state index contributed by atoms with van der Waals surface area (Å²) in [7, 11) is 0. The molecule has 0 bridgehead atoms. The predicted octanol–water partition coefficient (Wildman–Crippen LogP) is 5.02. The minimum atomic E-state index is -0.464. The van der Waals surface area contributed by atoms with E-state index < -0.39 is 6.09 Å². The van der Waals surface area contributed by atoms with Gasteiger partial charge in [0.1, 0.15) is 0 Å². The Balaban J connectivity index is 1.63. The summed E-state index contributed by atoms with van der Waals surface area (Å²) in [4.78, 5) is 28.6. The summed E-state index contributed by atoms with van der Waals surface area (Å²) in [5, 5.41) is 6.28. The quantitative estimate of drug-likeness (QED) is 0.769. The Labute approximate surface area is 157 Å². The molecule has 1 heterocycles. The maximum absolute atomic E-state index is 12.4. The van der Waals surface area contributed by atoms with E-state index in [1.807, 2.05) is 26.0 Å². The summed E-state index contributed by atoms with van der Waals surface area (Å²) >= 11 is 1.41. The number of thiazole rings is 1. The molecule has 2 N–H and O–H groups in total. The highest BCUT2D eigenvalue weighted by molar-refractivity contribution is 7.22. The predicted molar refractivity (Wildman–Crippen MR) is 105 cm³/mol. The van der Waals surface area contributed by atoms with Gasteiger partial charge in [0.2, 0.25) is 5.91 Å². The number of carbonyl (C=O) groups excluding carboxylic acids is 2. The van der Waals surface area contributed by atoms with Crippen LogP contribution in [0.15, 0.2) is 18.2 Å². The van der Waals surface area contributed by atoms with Crippen LogP contribution in [-0.2, 0) is 9.53 Å². The van der Waals surface area contributed by atoms with Gasteiger partial charge in [-0.1, -0.05) is 44.4 Å². The van der Waals surface area contributed by atoms with Crippen LogP contribution >= 0.6 is 11.3 Å². The van der Waals surface area contributed by atoms with E-state index in [0.717, 1.165) is 35.9 Å². The van der Waals surface area contributed by atoms with E-state index in [1.165, 1.54) is 17.8 Å². The number of benzene rings is 1. The van der Waals surface area contributed by atoms with Crippen LogP contribution in [0.25, 0.3) is 10.2 Å². The molecule has 26 heavy (non-hydrogen) atoms. The van der Waals surface area contributed by atoms with Crippen LogP contribution in [0.2, 0.25) is 0 Å². The number of hydrogen-bond acceptors (Lipinski definition) is 5. The van der Waals surface area contributed by atoms with Crippen molar-refractivity contribution in [1.29, 1.82) is 0 Å². The zero-order chi connectivity index (χ0) is 18.5. The van der Waals surface area contributed by atoms with Crippen LogP contribution in [0.5, 0.6) is 0 Å². The van der Waals surface area contributed by atoms with Gasteiger partial charge in [0.25, 0.3) is 0 Å². The van der Waals surface area contributed by atoms with Crippen molar-refractivity contribution in [2.75, 3.05) is 17.2 Å². The Kier molecular flexibility index (Phi) is 6.08. The maximum Gasteiger partial charge on any atom is 0.411 e. The normalized spacial score (nSPS) is 15.2. The van der Waals surface area contributed by atoms with Crippen molar-refractivity contribution in [2.45, 2.75) is 46.0 Å². The highest BCUT2D eigenvalue weighted by atomic mass is 32.1. The lowest BCUT2D eigenvalue weighted by molar-refractivity contribution is -0.120. The average Bonchev–Trinajstić information content (AvgIpc) is 3.02. The average molecular weight is 375 g/mol. The van der Waals surface area contributed by atoms with Gasteiger partial charge in [0.05, 0.1) is 16.8 Å². The zero-order valence-electron chi connectivity index (χ0n) is 15.2. The first-order valence-electron chi connectivity index (χ1n) is 9.16. The molecule has 1 aromatic carbocycles. The van der Waals surface area contributed by atoms with Crippen LogP contribution in [0.4, 0.5) is 15.6 Å². The highest BCUT2D eigenvalue weighted by Gasteiger charge is 2.22. The lowest BCUT2D eigenvalue weighted by Gasteiger charge is -2.19. The molecular formula is C19H25N3O3S. The summed E-state index contributed by atoms with van der Waals surface area (Å²) in [6.45, 7) is 4.35. The molecule has 2 aromatic rings. The van der Waals surface area contributed by atoms with Crippen molar-refractivity contribution in [3.8, 4) is 0 Å². The Bertz CT molecular complexity index is 781. The first-order chi connectivity index (χ1) is 12.5. The molecule has 1 fully saturated rings. The van der Waals surface area contributed by atoms with Crippen LogP contribution < -0.4 is 10.6 Å². The molecule has 1 aliphatic rings. The topological polar surface area (TPSA) is 80.3 Å². The number of nitrogens with one attached hydrogen (secondary N) is 2. The van der Waals surface area contributed by atoms with E-state index in [0.29, 0.717) is 23.3 Å². The third-order valence-electron chi connectivity index (χ3n) is 4.39. The number of carbonyl (C=O) groups is 2. The SMILES string of the molecule is CC(C)COC(=O)Nc1ccc2nc(NC(=O)C3CCCCC3)sc2c1. The van der Waals surface area contributed by atoms with Crippen molar-refractivity contribution in [3.63, 3.8) is 0 Å². The fourth-order valence-corrected chi connectivity index (χ4v) is 3.93. The van der Waals surface area contributed by atoms with Gasteiger partial charge < -0.3 is 10.1 Å². The molecule has 0 saturated heterocycles. The molecule has 6 nitrogen and oxygen atoms in total. The molecule has 1 aromatic heterocycles. The lowest BCUT2D eigenvalue weighted by atomic mass is 9.89. The van der Waals surface area contributed by atoms with Gasteiger partial charge in [0.15, 0.2) is 5.13 Å². The summed E-state index contributed by atoms with van der Waals surface area (Å²) in [6.07, 6.45) is 4.93. The van der Waals surface area contributed by atoms with E-state index in [2.05, 4.69) is 15.6 Å². The van der Waals surface area contributed by atoms with Gasteiger partial charge in [0, 0.05) is 11.6 Å². The van der Waals surface area contributed by atoms with Gasteiger partial charge in [-0.05, 0) is 37.0 Å². The van der Waals surface area contributed by atoms with Crippen LogP contribution in [-0.4, -0.2) is 23.6 Å². The van der Waals surface area contributed by atoms with E-state index in [4.69, 9.17) is 4.74 Å². The second-order valence-electron chi connectivity index (χ2n) is 7.14. The third-order valence-corrected chi connectivity index (χ3v) is 5.32. The fraction of sp³-hybridized carbons (Fsp3) is 0.526. The maximum atomic E-state index is 12.4. The molecular weight excluding hydrogens is 350 g/mol. The van der Waals surface area contributed by atoms with Crippen molar-refractivity contribution >= 4 is 44.4 Å².